The molecule has 1 aromatic heterocycles. The molecule has 0 aromatic carbocycles. The summed E-state index contributed by atoms with van der Waals surface area (Å²) in [5.74, 6) is 0.858. The fourth-order valence-electron chi connectivity index (χ4n) is 3.89. The van der Waals surface area contributed by atoms with Crippen LogP contribution >= 0.6 is 0 Å². The molecule has 2 heterocycles. The van der Waals surface area contributed by atoms with Crippen molar-refractivity contribution < 1.29 is 9.90 Å². The maximum atomic E-state index is 12.8. The van der Waals surface area contributed by atoms with Crippen LogP contribution in [0, 0.1) is 0 Å². The van der Waals surface area contributed by atoms with E-state index in [-0.39, 0.29) is 18.4 Å². The van der Waals surface area contributed by atoms with Crippen molar-refractivity contribution in [2.45, 2.75) is 63.0 Å². The number of hydrogen-bond donors (Lipinski definition) is 1. The van der Waals surface area contributed by atoms with Crippen LogP contribution in [0.15, 0.2) is 12.4 Å². The zero-order chi connectivity index (χ0) is 17.2. The lowest BCUT2D eigenvalue weighted by Gasteiger charge is -2.34. The van der Waals surface area contributed by atoms with Crippen molar-refractivity contribution >= 4 is 11.7 Å². The Balaban J connectivity index is 1.73. The molecule has 2 fully saturated rings. The highest BCUT2D eigenvalue weighted by Gasteiger charge is 2.37. The van der Waals surface area contributed by atoms with Gasteiger partial charge in [0.2, 0.25) is 5.91 Å². The number of rotatable bonds is 4. The average Bonchev–Trinajstić information content (AvgIpc) is 3.05. The Hall–Kier alpha value is -1.69. The summed E-state index contributed by atoms with van der Waals surface area (Å²) in [5.41, 5.74) is 0.0438. The van der Waals surface area contributed by atoms with Gasteiger partial charge < -0.3 is 14.9 Å². The number of likely N-dealkylation sites (tertiary alicyclic amines) is 1. The minimum absolute atomic E-state index is 0.0166. The van der Waals surface area contributed by atoms with E-state index in [9.17, 15) is 9.90 Å². The van der Waals surface area contributed by atoms with Crippen LogP contribution in [0.3, 0.4) is 0 Å². The molecule has 6 heteroatoms. The Morgan fingerprint density at radius 3 is 2.75 bits per heavy atom. The van der Waals surface area contributed by atoms with Gasteiger partial charge in [0.15, 0.2) is 0 Å². The molecule has 0 spiro atoms. The van der Waals surface area contributed by atoms with Gasteiger partial charge in [0.25, 0.3) is 0 Å². The van der Waals surface area contributed by atoms with Gasteiger partial charge in [0.05, 0.1) is 36.2 Å². The molecule has 3 rings (SSSR count). The van der Waals surface area contributed by atoms with Crippen LogP contribution < -0.4 is 4.90 Å². The van der Waals surface area contributed by atoms with Gasteiger partial charge in [0, 0.05) is 20.6 Å². The lowest BCUT2D eigenvalue weighted by atomic mass is 9.82. The second-order valence-electron chi connectivity index (χ2n) is 7.40. The highest BCUT2D eigenvalue weighted by molar-refractivity contribution is 5.78. The molecule has 1 saturated heterocycles. The van der Waals surface area contributed by atoms with Crippen molar-refractivity contribution in [3.8, 4) is 0 Å². The van der Waals surface area contributed by atoms with Crippen LogP contribution in [0.5, 0.6) is 0 Å². The van der Waals surface area contributed by atoms with Crippen molar-refractivity contribution in [3.63, 3.8) is 0 Å². The van der Waals surface area contributed by atoms with Crippen molar-refractivity contribution in [2.24, 2.45) is 0 Å². The van der Waals surface area contributed by atoms with Gasteiger partial charge in [-0.3, -0.25) is 9.78 Å². The molecule has 0 radical (unpaired) electrons. The molecule has 6 nitrogen and oxygen atoms in total. The van der Waals surface area contributed by atoms with Gasteiger partial charge in [-0.1, -0.05) is 19.3 Å². The maximum absolute atomic E-state index is 12.8. The number of carbonyl (C=O) groups is 1. The molecule has 0 bridgehead atoms. The zero-order valence-corrected chi connectivity index (χ0v) is 14.7. The average molecular weight is 332 g/mol. The Kier molecular flexibility index (Phi) is 5.04. The molecule has 132 valence electrons. The van der Waals surface area contributed by atoms with Crippen molar-refractivity contribution in [1.82, 2.24) is 14.9 Å². The minimum atomic E-state index is -0.806. The second kappa shape index (κ2) is 7.05. The molecule has 1 amide bonds. The van der Waals surface area contributed by atoms with E-state index < -0.39 is 5.60 Å². The summed E-state index contributed by atoms with van der Waals surface area (Å²) < 4.78 is 0. The second-order valence-corrected chi connectivity index (χ2v) is 7.40. The highest BCUT2D eigenvalue weighted by Crippen LogP contribution is 2.35. The molecule has 1 aliphatic heterocycles. The molecule has 1 aromatic rings. The number of amides is 1. The van der Waals surface area contributed by atoms with E-state index in [2.05, 4.69) is 9.97 Å². The third-order valence-corrected chi connectivity index (χ3v) is 5.28. The molecule has 1 N–H and O–H groups in total. The molecular weight excluding hydrogens is 304 g/mol. The number of aliphatic hydroxyl groups is 1. The van der Waals surface area contributed by atoms with E-state index in [1.165, 1.54) is 0 Å². The molecule has 24 heavy (non-hydrogen) atoms. The zero-order valence-electron chi connectivity index (χ0n) is 14.7. The fraction of sp³-hybridized carbons (Fsp3) is 0.722. The van der Waals surface area contributed by atoms with Crippen LogP contribution in [-0.2, 0) is 4.79 Å². The first-order valence-electron chi connectivity index (χ1n) is 9.00. The van der Waals surface area contributed by atoms with Crippen molar-refractivity contribution in [2.75, 3.05) is 25.5 Å². The largest absolute Gasteiger partial charge is 0.389 e. The van der Waals surface area contributed by atoms with Crippen molar-refractivity contribution in [1.29, 1.82) is 0 Å². The van der Waals surface area contributed by atoms with Gasteiger partial charge in [0.1, 0.15) is 5.82 Å². The SMILES string of the molecule is CN(C)c1cncc(C2CCCN2C(=O)CC2(O)CCCCC2)n1. The van der Waals surface area contributed by atoms with Crippen molar-refractivity contribution in [3.05, 3.63) is 18.1 Å². The smallest absolute Gasteiger partial charge is 0.226 e. The van der Waals surface area contributed by atoms with Crippen LogP contribution in [0.2, 0.25) is 0 Å². The van der Waals surface area contributed by atoms with Gasteiger partial charge in [-0.25, -0.2) is 4.98 Å². The Labute approximate surface area is 143 Å². The standard InChI is InChI=1S/C18H28N4O2/c1-21(2)16-13-19-12-14(20-16)15-7-6-10-22(15)17(23)11-18(24)8-4-3-5-9-18/h12-13,15,24H,3-11H2,1-2H3. The first kappa shape index (κ1) is 17.1. The predicted molar refractivity (Wildman–Crippen MR) is 92.7 cm³/mol. The summed E-state index contributed by atoms with van der Waals surface area (Å²) >= 11 is 0. The molecular formula is C18H28N4O2. The van der Waals surface area contributed by atoms with Gasteiger partial charge in [-0.15, -0.1) is 0 Å². The topological polar surface area (TPSA) is 69.6 Å². The predicted octanol–water partition coefficient (Wildman–Crippen LogP) is 2.29. The number of carbonyl (C=O) groups excluding carboxylic acids is 1. The lowest BCUT2D eigenvalue weighted by molar-refractivity contribution is -0.138. The summed E-state index contributed by atoms with van der Waals surface area (Å²) in [6.07, 6.45) is 10.3. The molecule has 1 atom stereocenters. The number of hydrogen-bond acceptors (Lipinski definition) is 5. The fourth-order valence-corrected chi connectivity index (χ4v) is 3.89. The molecule has 1 saturated carbocycles. The van der Waals surface area contributed by atoms with Gasteiger partial charge in [-0.2, -0.15) is 0 Å². The van der Waals surface area contributed by atoms with E-state index in [4.69, 9.17) is 0 Å². The van der Waals surface area contributed by atoms with E-state index in [0.29, 0.717) is 0 Å². The molecule has 2 aliphatic rings. The number of nitrogens with zero attached hydrogens (tertiary/aromatic N) is 4. The number of aromatic nitrogens is 2. The highest BCUT2D eigenvalue weighted by atomic mass is 16.3. The van der Waals surface area contributed by atoms with E-state index in [1.54, 1.807) is 12.4 Å². The summed E-state index contributed by atoms with van der Waals surface area (Å²) in [4.78, 5) is 25.6. The summed E-state index contributed by atoms with van der Waals surface area (Å²) in [6.45, 7) is 0.744. The van der Waals surface area contributed by atoms with Gasteiger partial charge in [-0.05, 0) is 25.7 Å². The van der Waals surface area contributed by atoms with Crippen LogP contribution in [-0.4, -0.2) is 52.1 Å². The van der Waals surface area contributed by atoms with E-state index >= 15 is 0 Å². The third-order valence-electron chi connectivity index (χ3n) is 5.28. The monoisotopic (exact) mass is 332 g/mol. The molecule has 1 unspecified atom stereocenters. The van der Waals surface area contributed by atoms with E-state index in [1.807, 2.05) is 23.9 Å². The Morgan fingerprint density at radius 2 is 2.04 bits per heavy atom. The van der Waals surface area contributed by atoms with Gasteiger partial charge >= 0.3 is 0 Å². The third kappa shape index (κ3) is 3.69. The van der Waals surface area contributed by atoms with Crippen LogP contribution in [0.25, 0.3) is 0 Å². The molecule has 1 aliphatic carbocycles. The first-order valence-corrected chi connectivity index (χ1v) is 9.00. The normalized spacial score (nSPS) is 23.3. The Bertz CT molecular complexity index is 584. The first-order chi connectivity index (χ1) is 11.5. The summed E-state index contributed by atoms with van der Waals surface area (Å²) in [7, 11) is 3.87. The maximum Gasteiger partial charge on any atom is 0.226 e. The minimum Gasteiger partial charge on any atom is -0.389 e. The van der Waals surface area contributed by atoms with E-state index in [0.717, 1.165) is 63.0 Å². The lowest BCUT2D eigenvalue weighted by Crippen LogP contribution is -2.40. The van der Waals surface area contributed by atoms with Crippen LogP contribution in [0.1, 0.15) is 63.1 Å². The summed E-state index contributed by atoms with van der Waals surface area (Å²) in [5, 5.41) is 10.7. The quantitative estimate of drug-likeness (QED) is 0.916. The number of anilines is 1. The summed E-state index contributed by atoms with van der Waals surface area (Å²) in [6, 6.07) is -0.0166. The van der Waals surface area contributed by atoms with Crippen LogP contribution in [0.4, 0.5) is 5.82 Å². The Morgan fingerprint density at radius 1 is 1.29 bits per heavy atom.